The zero-order valence-corrected chi connectivity index (χ0v) is 41.4. The predicted molar refractivity (Wildman–Crippen MR) is 260 cm³/mol. The molecule has 10 heteroatoms. The SMILES string of the molecule is CCCCCCCCCCCCCCCCCCCCCCCC(O)C(COP(=O)(O)OCCN)NC(=O)CC(O)CCCCCCCCCCCCCCCCCCCC. The molecule has 0 aromatic carbocycles. The molecule has 6 N–H and O–H groups in total. The Bertz CT molecular complexity index is 945. The molecule has 0 aliphatic carbocycles. The van der Waals surface area contributed by atoms with Gasteiger partial charge in [0.15, 0.2) is 0 Å². The third-order valence-electron chi connectivity index (χ3n) is 12.5. The number of nitrogens with one attached hydrogen (secondary N) is 1. The molecule has 9 nitrogen and oxygen atoms in total. The number of carbonyl (C=O) groups excluding carboxylic acids is 1. The van der Waals surface area contributed by atoms with Crippen LogP contribution in [0.15, 0.2) is 0 Å². The highest BCUT2D eigenvalue weighted by Crippen LogP contribution is 2.43. The Labute approximate surface area is 378 Å². The summed E-state index contributed by atoms with van der Waals surface area (Å²) in [5, 5.41) is 24.4. The lowest BCUT2D eigenvalue weighted by Gasteiger charge is -2.25. The van der Waals surface area contributed by atoms with Crippen LogP contribution in [0, 0.1) is 0 Å². The molecule has 0 radical (unpaired) electrons. The summed E-state index contributed by atoms with van der Waals surface area (Å²) in [4.78, 5) is 22.9. The summed E-state index contributed by atoms with van der Waals surface area (Å²) in [5.41, 5.74) is 5.39. The first kappa shape index (κ1) is 60.5. The molecule has 0 aliphatic heterocycles. The standard InChI is InChI=1S/C51H105N2O7P/c1-3-5-7-9-11-13-15-17-19-21-23-24-25-27-29-31-33-35-37-39-41-43-50(55)49(47-60-61(57,58)59-45-44-52)53-51(56)46-48(54)42-40-38-36-34-32-30-28-26-22-20-18-16-14-12-10-8-6-4-2/h48-50,54-55H,3-47,52H2,1-2H3,(H,53,56)(H,57,58). The Morgan fingerprint density at radius 3 is 1.10 bits per heavy atom. The maximum absolute atomic E-state index is 12.9. The highest BCUT2D eigenvalue weighted by Gasteiger charge is 2.28. The smallest absolute Gasteiger partial charge is 0.393 e. The molecule has 0 aromatic heterocycles. The van der Waals surface area contributed by atoms with Crippen LogP contribution >= 0.6 is 7.82 Å². The van der Waals surface area contributed by atoms with E-state index < -0.39 is 32.0 Å². The van der Waals surface area contributed by atoms with E-state index in [2.05, 4.69) is 19.2 Å². The Morgan fingerprint density at radius 2 is 0.787 bits per heavy atom. The van der Waals surface area contributed by atoms with Crippen LogP contribution in [0.3, 0.4) is 0 Å². The minimum atomic E-state index is -4.38. The first-order valence-corrected chi connectivity index (χ1v) is 28.2. The largest absolute Gasteiger partial charge is 0.472 e. The van der Waals surface area contributed by atoms with E-state index in [9.17, 15) is 24.5 Å². The second-order valence-electron chi connectivity index (χ2n) is 18.6. The number of carbonyl (C=O) groups is 1. The van der Waals surface area contributed by atoms with E-state index in [1.165, 1.54) is 212 Å². The summed E-state index contributed by atoms with van der Waals surface area (Å²) in [6.07, 6.45) is 50.1. The molecule has 0 saturated carbocycles. The summed E-state index contributed by atoms with van der Waals surface area (Å²) in [5.74, 6) is -0.406. The van der Waals surface area contributed by atoms with Gasteiger partial charge in [-0.05, 0) is 12.8 Å². The number of aliphatic hydroxyl groups is 2. The van der Waals surface area contributed by atoms with E-state index in [1.54, 1.807) is 0 Å². The third kappa shape index (κ3) is 45.8. The molecule has 0 bridgehead atoms. The number of hydrogen-bond donors (Lipinski definition) is 5. The van der Waals surface area contributed by atoms with Gasteiger partial charge < -0.3 is 26.2 Å². The average molecular weight is 889 g/mol. The van der Waals surface area contributed by atoms with E-state index in [-0.39, 0.29) is 26.2 Å². The minimum absolute atomic E-state index is 0.0630. The number of rotatable bonds is 51. The molecule has 0 heterocycles. The van der Waals surface area contributed by atoms with Crippen molar-refractivity contribution in [2.75, 3.05) is 19.8 Å². The highest BCUT2D eigenvalue weighted by molar-refractivity contribution is 7.47. The van der Waals surface area contributed by atoms with Crippen molar-refractivity contribution in [1.82, 2.24) is 5.32 Å². The number of amides is 1. The zero-order chi connectivity index (χ0) is 44.8. The van der Waals surface area contributed by atoms with Crippen molar-refractivity contribution in [3.63, 3.8) is 0 Å². The summed E-state index contributed by atoms with van der Waals surface area (Å²) in [6, 6.07) is -0.892. The second-order valence-corrected chi connectivity index (χ2v) is 20.1. The van der Waals surface area contributed by atoms with Gasteiger partial charge in [0.25, 0.3) is 0 Å². The maximum Gasteiger partial charge on any atom is 0.472 e. The number of hydrogen-bond acceptors (Lipinski definition) is 7. The quantitative estimate of drug-likeness (QED) is 0.0299. The molecule has 0 fully saturated rings. The number of unbranched alkanes of at least 4 members (excludes halogenated alkanes) is 37. The van der Waals surface area contributed by atoms with Crippen molar-refractivity contribution in [3.05, 3.63) is 0 Å². The molecule has 0 saturated heterocycles. The molecule has 1 amide bonds. The fourth-order valence-electron chi connectivity index (χ4n) is 8.48. The molecule has 61 heavy (non-hydrogen) atoms. The van der Waals surface area contributed by atoms with Gasteiger partial charge in [-0.25, -0.2) is 4.57 Å². The van der Waals surface area contributed by atoms with Crippen LogP contribution in [0.4, 0.5) is 0 Å². The number of aliphatic hydroxyl groups excluding tert-OH is 2. The monoisotopic (exact) mass is 889 g/mol. The van der Waals surface area contributed by atoms with Gasteiger partial charge in [-0.15, -0.1) is 0 Å². The lowest BCUT2D eigenvalue weighted by Crippen LogP contribution is -2.47. The summed E-state index contributed by atoms with van der Waals surface area (Å²) < 4.78 is 22.3. The van der Waals surface area contributed by atoms with Crippen LogP contribution in [0.2, 0.25) is 0 Å². The van der Waals surface area contributed by atoms with Gasteiger partial charge in [0.05, 0.1) is 37.9 Å². The van der Waals surface area contributed by atoms with Crippen LogP contribution in [-0.4, -0.2) is 59.0 Å². The normalized spacial score (nSPS) is 14.3. The van der Waals surface area contributed by atoms with Crippen molar-refractivity contribution in [3.8, 4) is 0 Å². The van der Waals surface area contributed by atoms with Crippen LogP contribution in [-0.2, 0) is 18.4 Å². The van der Waals surface area contributed by atoms with Gasteiger partial charge in [0.2, 0.25) is 5.91 Å². The van der Waals surface area contributed by atoms with E-state index in [1.807, 2.05) is 0 Å². The van der Waals surface area contributed by atoms with E-state index in [0.717, 1.165) is 38.5 Å². The molecule has 0 aliphatic rings. The topological polar surface area (TPSA) is 151 Å². The van der Waals surface area contributed by atoms with Gasteiger partial charge in [-0.1, -0.05) is 264 Å². The van der Waals surface area contributed by atoms with Crippen LogP contribution < -0.4 is 11.1 Å². The molecule has 366 valence electrons. The molecule has 4 atom stereocenters. The lowest BCUT2D eigenvalue weighted by molar-refractivity contribution is -0.125. The van der Waals surface area contributed by atoms with Gasteiger partial charge in [0, 0.05) is 6.54 Å². The second kappa shape index (κ2) is 47.4. The van der Waals surface area contributed by atoms with Crippen LogP contribution in [0.25, 0.3) is 0 Å². The molecule has 0 spiro atoms. The van der Waals surface area contributed by atoms with E-state index in [4.69, 9.17) is 14.8 Å². The number of phosphoric acid groups is 1. The van der Waals surface area contributed by atoms with Crippen molar-refractivity contribution in [2.45, 2.75) is 302 Å². The van der Waals surface area contributed by atoms with Crippen molar-refractivity contribution in [1.29, 1.82) is 0 Å². The van der Waals surface area contributed by atoms with Gasteiger partial charge in [-0.3, -0.25) is 13.8 Å². The summed E-state index contributed by atoms with van der Waals surface area (Å²) in [6.45, 7) is 4.10. The first-order chi connectivity index (χ1) is 29.8. The van der Waals surface area contributed by atoms with Crippen LogP contribution in [0.1, 0.15) is 284 Å². The molecular weight excluding hydrogens is 784 g/mol. The fraction of sp³-hybridized carbons (Fsp3) is 0.980. The molecule has 0 aromatic rings. The van der Waals surface area contributed by atoms with E-state index in [0.29, 0.717) is 12.8 Å². The predicted octanol–water partition coefficient (Wildman–Crippen LogP) is 14.7. The van der Waals surface area contributed by atoms with Crippen molar-refractivity contribution < 1.29 is 33.5 Å². The molecular formula is C51H105N2O7P. The zero-order valence-electron chi connectivity index (χ0n) is 40.6. The average Bonchev–Trinajstić information content (AvgIpc) is 3.24. The van der Waals surface area contributed by atoms with Gasteiger partial charge in [0.1, 0.15) is 0 Å². The highest BCUT2D eigenvalue weighted by atomic mass is 31.2. The Hall–Kier alpha value is -0.540. The lowest BCUT2D eigenvalue weighted by atomic mass is 10.0. The Morgan fingerprint density at radius 1 is 0.492 bits per heavy atom. The van der Waals surface area contributed by atoms with Crippen molar-refractivity contribution >= 4 is 13.7 Å². The third-order valence-corrected chi connectivity index (χ3v) is 13.5. The summed E-state index contributed by atoms with van der Waals surface area (Å²) in [7, 11) is -4.38. The first-order valence-electron chi connectivity index (χ1n) is 26.7. The number of phosphoric ester groups is 1. The maximum atomic E-state index is 12.9. The van der Waals surface area contributed by atoms with Gasteiger partial charge >= 0.3 is 7.82 Å². The molecule has 4 unspecified atom stereocenters. The summed E-state index contributed by atoms with van der Waals surface area (Å²) >= 11 is 0. The van der Waals surface area contributed by atoms with E-state index >= 15 is 0 Å². The Balaban J connectivity index is 4.09. The van der Waals surface area contributed by atoms with Crippen molar-refractivity contribution in [2.24, 2.45) is 5.73 Å². The Kier molecular flexibility index (Phi) is 47.0. The van der Waals surface area contributed by atoms with Crippen LogP contribution in [0.5, 0.6) is 0 Å². The minimum Gasteiger partial charge on any atom is -0.393 e. The molecule has 0 rings (SSSR count). The number of nitrogens with two attached hydrogens (primary N) is 1. The van der Waals surface area contributed by atoms with Gasteiger partial charge in [-0.2, -0.15) is 0 Å². The fourth-order valence-corrected chi connectivity index (χ4v) is 9.24.